The summed E-state index contributed by atoms with van der Waals surface area (Å²) in [6.07, 6.45) is 0.880. The number of benzene rings is 1. The normalized spacial score (nSPS) is 13.1. The molecule has 118 valence electrons. The zero-order chi connectivity index (χ0) is 16.2. The Morgan fingerprint density at radius 1 is 1.33 bits per heavy atom. The minimum absolute atomic E-state index is 0.0447. The van der Waals surface area contributed by atoms with Crippen LogP contribution in [0.4, 0.5) is 0 Å². The van der Waals surface area contributed by atoms with Crippen molar-refractivity contribution < 1.29 is 23.4 Å². The smallest absolute Gasteiger partial charge is 0.337 e. The van der Waals surface area contributed by atoms with Gasteiger partial charge in [-0.3, -0.25) is 0 Å². The minimum atomic E-state index is -3.98. The number of hydrogen-bond donors (Lipinski definition) is 3. The summed E-state index contributed by atoms with van der Waals surface area (Å²) in [6, 6.07) is 1.58. The first-order valence-corrected chi connectivity index (χ1v) is 8.28. The van der Waals surface area contributed by atoms with Crippen LogP contribution < -0.4 is 4.72 Å². The quantitative estimate of drug-likeness (QED) is 0.694. The monoisotopic (exact) mass is 355 g/mol. The van der Waals surface area contributed by atoms with Crippen molar-refractivity contribution in [3.8, 4) is 0 Å². The van der Waals surface area contributed by atoms with E-state index in [0.717, 1.165) is 12.1 Å². The van der Waals surface area contributed by atoms with E-state index in [2.05, 4.69) is 4.72 Å². The van der Waals surface area contributed by atoms with Crippen LogP contribution in [0, 0.1) is 0 Å². The molecule has 0 saturated heterocycles. The lowest BCUT2D eigenvalue weighted by molar-refractivity contribution is 0.0697. The predicted octanol–water partition coefficient (Wildman–Crippen LogP) is 2.13. The number of carbonyl (C=O) groups is 1. The number of aliphatic hydroxyl groups is 1. The summed E-state index contributed by atoms with van der Waals surface area (Å²) in [7, 11) is -3.98. The summed E-state index contributed by atoms with van der Waals surface area (Å²) < 4.78 is 26.8. The average Bonchev–Trinajstić information content (AvgIpc) is 2.34. The van der Waals surface area contributed by atoms with Gasteiger partial charge in [0, 0.05) is 12.6 Å². The van der Waals surface area contributed by atoms with Gasteiger partial charge in [0.15, 0.2) is 0 Å². The number of aliphatic hydroxyl groups excluding tert-OH is 1. The first kappa shape index (κ1) is 18.2. The van der Waals surface area contributed by atoms with Gasteiger partial charge in [0.2, 0.25) is 10.0 Å². The Labute approximate surface area is 132 Å². The maximum atomic E-state index is 12.2. The Morgan fingerprint density at radius 2 is 1.95 bits per heavy atom. The van der Waals surface area contributed by atoms with Crippen LogP contribution in [0.5, 0.6) is 0 Å². The number of sulfonamides is 1. The van der Waals surface area contributed by atoms with E-state index < -0.39 is 22.0 Å². The van der Waals surface area contributed by atoms with Gasteiger partial charge in [0.25, 0.3) is 0 Å². The van der Waals surface area contributed by atoms with Crippen LogP contribution in [0.2, 0.25) is 10.0 Å². The lowest BCUT2D eigenvalue weighted by Crippen LogP contribution is -2.33. The van der Waals surface area contributed by atoms with Crippen molar-refractivity contribution in [1.29, 1.82) is 0 Å². The van der Waals surface area contributed by atoms with Gasteiger partial charge >= 0.3 is 5.97 Å². The standard InChI is InChI=1S/C12H15Cl2NO5S/c1-7(3-2-4-16)15-21(19,20)11-5-8(12(17)18)9(13)6-10(11)14/h5-7,15-16H,2-4H2,1H3,(H,17,18). The van der Waals surface area contributed by atoms with E-state index in [1.807, 2.05) is 0 Å². The number of nitrogens with one attached hydrogen (secondary N) is 1. The van der Waals surface area contributed by atoms with E-state index in [-0.39, 0.29) is 27.1 Å². The van der Waals surface area contributed by atoms with E-state index in [1.165, 1.54) is 0 Å². The Balaban J connectivity index is 3.13. The molecule has 0 amide bonds. The zero-order valence-corrected chi connectivity index (χ0v) is 13.5. The molecular formula is C12H15Cl2NO5S. The second-order valence-corrected chi connectivity index (χ2v) is 6.95. The molecule has 1 atom stereocenters. The van der Waals surface area contributed by atoms with Gasteiger partial charge in [-0.25, -0.2) is 17.9 Å². The highest BCUT2D eigenvalue weighted by atomic mass is 35.5. The van der Waals surface area contributed by atoms with E-state index in [1.54, 1.807) is 6.92 Å². The number of halogens is 2. The molecule has 21 heavy (non-hydrogen) atoms. The maximum absolute atomic E-state index is 12.2. The van der Waals surface area contributed by atoms with E-state index in [9.17, 15) is 13.2 Å². The highest BCUT2D eigenvalue weighted by molar-refractivity contribution is 7.89. The molecule has 6 nitrogen and oxygen atoms in total. The highest BCUT2D eigenvalue weighted by Gasteiger charge is 2.23. The summed E-state index contributed by atoms with van der Waals surface area (Å²) >= 11 is 11.6. The molecule has 1 unspecified atom stereocenters. The van der Waals surface area contributed by atoms with Gasteiger partial charge in [-0.1, -0.05) is 23.2 Å². The van der Waals surface area contributed by atoms with Crippen molar-refractivity contribution in [2.24, 2.45) is 0 Å². The van der Waals surface area contributed by atoms with Crippen molar-refractivity contribution in [3.63, 3.8) is 0 Å². The predicted molar refractivity (Wildman–Crippen MR) is 79.5 cm³/mol. The topological polar surface area (TPSA) is 104 Å². The molecule has 0 fully saturated rings. The van der Waals surface area contributed by atoms with Crippen molar-refractivity contribution in [1.82, 2.24) is 4.72 Å². The molecule has 0 spiro atoms. The molecule has 9 heteroatoms. The Hall–Kier alpha value is -0.860. The lowest BCUT2D eigenvalue weighted by atomic mass is 10.2. The zero-order valence-electron chi connectivity index (χ0n) is 11.1. The van der Waals surface area contributed by atoms with Crippen LogP contribution >= 0.6 is 23.2 Å². The average molecular weight is 356 g/mol. The van der Waals surface area contributed by atoms with Crippen molar-refractivity contribution >= 4 is 39.2 Å². The molecule has 1 rings (SSSR count). The van der Waals surface area contributed by atoms with Crippen LogP contribution in [0.25, 0.3) is 0 Å². The van der Waals surface area contributed by atoms with Crippen molar-refractivity contribution in [2.75, 3.05) is 6.61 Å². The first-order chi connectivity index (χ1) is 9.69. The SMILES string of the molecule is CC(CCCO)NS(=O)(=O)c1cc(C(=O)O)c(Cl)cc1Cl. The molecule has 3 N–H and O–H groups in total. The van der Waals surface area contributed by atoms with Crippen molar-refractivity contribution in [3.05, 3.63) is 27.7 Å². The van der Waals surface area contributed by atoms with Crippen LogP contribution in [0.3, 0.4) is 0 Å². The number of hydrogen-bond acceptors (Lipinski definition) is 4. The number of carboxylic acids is 1. The largest absolute Gasteiger partial charge is 0.478 e. The molecule has 0 saturated carbocycles. The number of aromatic carboxylic acids is 1. The highest BCUT2D eigenvalue weighted by Crippen LogP contribution is 2.29. The molecule has 0 heterocycles. The summed E-state index contributed by atoms with van der Waals surface area (Å²) in [5.74, 6) is -1.35. The Bertz CT molecular complexity index is 633. The number of rotatable bonds is 7. The van der Waals surface area contributed by atoms with Gasteiger partial charge in [0.1, 0.15) is 4.90 Å². The van der Waals surface area contributed by atoms with Gasteiger partial charge < -0.3 is 10.2 Å². The third-order valence-corrected chi connectivity index (χ3v) is 5.06. The van der Waals surface area contributed by atoms with E-state index in [0.29, 0.717) is 12.8 Å². The minimum Gasteiger partial charge on any atom is -0.478 e. The lowest BCUT2D eigenvalue weighted by Gasteiger charge is -2.15. The van der Waals surface area contributed by atoms with E-state index in [4.69, 9.17) is 33.4 Å². The van der Waals surface area contributed by atoms with Crippen LogP contribution in [0.1, 0.15) is 30.1 Å². The fourth-order valence-electron chi connectivity index (χ4n) is 1.68. The van der Waals surface area contributed by atoms with Crippen LogP contribution in [-0.4, -0.2) is 37.2 Å². The molecule has 0 aliphatic rings. The molecule has 0 aromatic heterocycles. The summed E-state index contributed by atoms with van der Waals surface area (Å²) in [4.78, 5) is 10.7. The van der Waals surface area contributed by atoms with Crippen LogP contribution in [0.15, 0.2) is 17.0 Å². The summed E-state index contributed by atoms with van der Waals surface area (Å²) in [6.45, 7) is 1.59. The third kappa shape index (κ3) is 4.82. The molecule has 1 aromatic carbocycles. The van der Waals surface area contributed by atoms with Gasteiger partial charge in [-0.2, -0.15) is 0 Å². The number of carboxylic acid groups (broad SMARTS) is 1. The molecular weight excluding hydrogens is 341 g/mol. The van der Waals surface area contributed by atoms with Gasteiger partial charge in [-0.05, 0) is 31.9 Å². The fourth-order valence-corrected chi connectivity index (χ4v) is 3.82. The fraction of sp³-hybridized carbons (Fsp3) is 0.417. The molecule has 0 aliphatic heterocycles. The molecule has 0 bridgehead atoms. The second kappa shape index (κ2) is 7.42. The van der Waals surface area contributed by atoms with Gasteiger partial charge in [0.05, 0.1) is 15.6 Å². The maximum Gasteiger partial charge on any atom is 0.337 e. The summed E-state index contributed by atoms with van der Waals surface area (Å²) in [5, 5.41) is 17.4. The van der Waals surface area contributed by atoms with E-state index >= 15 is 0 Å². The second-order valence-electron chi connectivity index (χ2n) is 4.46. The first-order valence-electron chi connectivity index (χ1n) is 6.04. The molecule has 0 radical (unpaired) electrons. The third-order valence-electron chi connectivity index (χ3n) is 2.69. The summed E-state index contributed by atoms with van der Waals surface area (Å²) in [5.41, 5.74) is -0.343. The molecule has 0 aliphatic carbocycles. The van der Waals surface area contributed by atoms with Gasteiger partial charge in [-0.15, -0.1) is 0 Å². The van der Waals surface area contributed by atoms with Crippen LogP contribution in [-0.2, 0) is 10.0 Å². The molecule has 1 aromatic rings. The van der Waals surface area contributed by atoms with Crippen molar-refractivity contribution in [2.45, 2.75) is 30.7 Å². The Kier molecular flexibility index (Phi) is 6.42. The Morgan fingerprint density at radius 3 is 2.48 bits per heavy atom.